The van der Waals surface area contributed by atoms with Crippen LogP contribution in [0, 0.1) is 0 Å². The second kappa shape index (κ2) is 5.23. The molecule has 0 spiro atoms. The van der Waals surface area contributed by atoms with Crippen LogP contribution >= 0.6 is 11.5 Å². The Hall–Kier alpha value is -0.900. The number of anilines is 2. The minimum absolute atomic E-state index is 0.0904. The van der Waals surface area contributed by atoms with Crippen LogP contribution in [0.3, 0.4) is 0 Å². The molecule has 0 radical (unpaired) electrons. The summed E-state index contributed by atoms with van der Waals surface area (Å²) in [5.74, 6) is 0.0904. The summed E-state index contributed by atoms with van der Waals surface area (Å²) < 4.78 is 29.8. The van der Waals surface area contributed by atoms with E-state index in [1.165, 1.54) is 18.4 Å². The molecule has 0 saturated carbocycles. The Labute approximate surface area is 117 Å². The van der Waals surface area contributed by atoms with Crippen molar-refractivity contribution in [1.29, 1.82) is 0 Å². The first-order valence-corrected chi connectivity index (χ1v) is 8.16. The van der Waals surface area contributed by atoms with Gasteiger partial charge in [-0.3, -0.25) is 0 Å². The van der Waals surface area contributed by atoms with E-state index in [2.05, 4.69) is 16.3 Å². The minimum Gasteiger partial charge on any atom is -0.382 e. The van der Waals surface area contributed by atoms with Crippen molar-refractivity contribution in [3.05, 3.63) is 0 Å². The summed E-state index contributed by atoms with van der Waals surface area (Å²) in [6, 6.07) is 0. The number of aromatic nitrogens is 1. The van der Waals surface area contributed by atoms with Crippen LogP contribution in [0.15, 0.2) is 4.90 Å². The number of nitrogens with zero attached hydrogens (tertiary/aromatic N) is 4. The Bertz CT molecular complexity index is 546. The maximum Gasteiger partial charge on any atom is 0.249 e. The highest BCUT2D eigenvalue weighted by Crippen LogP contribution is 2.36. The van der Waals surface area contributed by atoms with Gasteiger partial charge in [-0.15, -0.1) is 0 Å². The van der Waals surface area contributed by atoms with Crippen LogP contribution in [0.2, 0.25) is 0 Å². The second-order valence-corrected chi connectivity index (χ2v) is 7.62. The summed E-state index contributed by atoms with van der Waals surface area (Å²) in [5.41, 5.74) is 5.76. The third-order valence-electron chi connectivity index (χ3n) is 3.19. The Balaban J connectivity index is 2.38. The number of nitrogens with two attached hydrogens (primary N) is 1. The molecule has 9 heteroatoms. The van der Waals surface area contributed by atoms with Crippen LogP contribution in [0.5, 0.6) is 0 Å². The molecule has 2 rings (SSSR count). The number of piperazine rings is 1. The predicted octanol–water partition coefficient (Wildman–Crippen LogP) is -0.273. The minimum atomic E-state index is -3.56. The van der Waals surface area contributed by atoms with E-state index in [4.69, 9.17) is 5.73 Å². The fourth-order valence-electron chi connectivity index (χ4n) is 1.92. The molecule has 0 atom stereocenters. The van der Waals surface area contributed by atoms with Crippen molar-refractivity contribution in [2.45, 2.75) is 4.90 Å². The van der Waals surface area contributed by atoms with Crippen molar-refractivity contribution in [3.63, 3.8) is 0 Å². The largest absolute Gasteiger partial charge is 0.382 e. The molecule has 19 heavy (non-hydrogen) atoms. The van der Waals surface area contributed by atoms with Crippen LogP contribution < -0.4 is 10.6 Å². The highest BCUT2D eigenvalue weighted by molar-refractivity contribution is 7.89. The van der Waals surface area contributed by atoms with Gasteiger partial charge in [0.05, 0.1) is 0 Å². The average Bonchev–Trinajstić information content (AvgIpc) is 2.72. The zero-order valence-electron chi connectivity index (χ0n) is 11.3. The van der Waals surface area contributed by atoms with Gasteiger partial charge in [-0.2, -0.15) is 4.37 Å². The Morgan fingerprint density at radius 2 is 1.84 bits per heavy atom. The molecule has 1 saturated heterocycles. The fourth-order valence-corrected chi connectivity index (χ4v) is 4.19. The van der Waals surface area contributed by atoms with Crippen LogP contribution in [-0.2, 0) is 10.0 Å². The number of sulfonamides is 1. The van der Waals surface area contributed by atoms with Gasteiger partial charge in [0.1, 0.15) is 5.00 Å². The zero-order valence-corrected chi connectivity index (χ0v) is 13.0. The van der Waals surface area contributed by atoms with Crippen LogP contribution in [0.4, 0.5) is 10.8 Å². The molecule has 2 heterocycles. The van der Waals surface area contributed by atoms with Crippen LogP contribution in [0.1, 0.15) is 0 Å². The van der Waals surface area contributed by atoms with E-state index >= 15 is 0 Å². The maximum atomic E-state index is 12.3. The SMILES string of the molecule is CN1CCN(c2snc(N)c2S(=O)(=O)N(C)C)CC1. The molecule has 0 amide bonds. The first-order valence-electron chi connectivity index (χ1n) is 5.95. The van der Waals surface area contributed by atoms with E-state index in [9.17, 15) is 8.42 Å². The summed E-state index contributed by atoms with van der Waals surface area (Å²) in [7, 11) is 1.50. The third kappa shape index (κ3) is 2.69. The van der Waals surface area contributed by atoms with Gasteiger partial charge in [0, 0.05) is 40.3 Å². The van der Waals surface area contributed by atoms with Crippen molar-refractivity contribution in [3.8, 4) is 0 Å². The highest BCUT2D eigenvalue weighted by Gasteiger charge is 2.31. The van der Waals surface area contributed by atoms with Gasteiger partial charge in [0.25, 0.3) is 0 Å². The summed E-state index contributed by atoms with van der Waals surface area (Å²) in [6.07, 6.45) is 0. The van der Waals surface area contributed by atoms with E-state index in [-0.39, 0.29) is 10.7 Å². The lowest BCUT2D eigenvalue weighted by atomic mass is 10.3. The average molecular weight is 305 g/mol. The second-order valence-electron chi connectivity index (χ2n) is 4.78. The van der Waals surface area contributed by atoms with Crippen LogP contribution in [-0.4, -0.2) is 69.3 Å². The lowest BCUT2D eigenvalue weighted by molar-refractivity contribution is 0.313. The summed E-state index contributed by atoms with van der Waals surface area (Å²) in [5, 5.41) is 0.652. The van der Waals surface area contributed by atoms with Gasteiger partial charge in [-0.05, 0) is 18.6 Å². The number of rotatable bonds is 3. The molecule has 1 fully saturated rings. The van der Waals surface area contributed by atoms with E-state index in [0.717, 1.165) is 37.7 Å². The monoisotopic (exact) mass is 305 g/mol. The van der Waals surface area contributed by atoms with E-state index in [1.54, 1.807) is 0 Å². The third-order valence-corrected chi connectivity index (χ3v) is 6.12. The topological polar surface area (TPSA) is 82.8 Å². The van der Waals surface area contributed by atoms with Crippen molar-refractivity contribution in [2.24, 2.45) is 0 Å². The number of likely N-dealkylation sites (N-methyl/N-ethyl adjacent to an activating group) is 1. The van der Waals surface area contributed by atoms with Gasteiger partial charge in [0.2, 0.25) is 10.0 Å². The first kappa shape index (κ1) is 14.5. The number of hydrogen-bond donors (Lipinski definition) is 1. The number of hydrogen-bond acceptors (Lipinski definition) is 7. The summed E-state index contributed by atoms with van der Waals surface area (Å²) >= 11 is 1.15. The maximum absolute atomic E-state index is 12.3. The Kier molecular flexibility index (Phi) is 4.00. The summed E-state index contributed by atoms with van der Waals surface area (Å²) in [6.45, 7) is 3.38. The molecule has 1 aromatic rings. The van der Waals surface area contributed by atoms with Crippen molar-refractivity contribution < 1.29 is 8.42 Å². The molecule has 7 nitrogen and oxygen atoms in total. The van der Waals surface area contributed by atoms with E-state index < -0.39 is 10.0 Å². The van der Waals surface area contributed by atoms with Crippen molar-refractivity contribution >= 4 is 32.4 Å². The predicted molar refractivity (Wildman–Crippen MR) is 77.1 cm³/mol. The Morgan fingerprint density at radius 3 is 2.37 bits per heavy atom. The van der Waals surface area contributed by atoms with Gasteiger partial charge in [0.15, 0.2) is 10.7 Å². The van der Waals surface area contributed by atoms with E-state index in [0.29, 0.717) is 5.00 Å². The highest BCUT2D eigenvalue weighted by atomic mass is 32.2. The lowest BCUT2D eigenvalue weighted by Crippen LogP contribution is -2.44. The smallest absolute Gasteiger partial charge is 0.249 e. The molecule has 0 bridgehead atoms. The molecular formula is C10H19N5O2S2. The standard InChI is InChI=1S/C10H19N5O2S2/c1-13(2)19(16,17)8-9(11)12-18-10(8)15-6-4-14(3)5-7-15/h4-7H2,1-3H3,(H2,11,12). The van der Waals surface area contributed by atoms with Gasteiger partial charge in [-0.25, -0.2) is 12.7 Å². The van der Waals surface area contributed by atoms with Crippen molar-refractivity contribution in [2.75, 3.05) is 58.0 Å². The lowest BCUT2D eigenvalue weighted by Gasteiger charge is -2.33. The fraction of sp³-hybridized carbons (Fsp3) is 0.700. The molecule has 1 aliphatic rings. The molecular weight excluding hydrogens is 286 g/mol. The van der Waals surface area contributed by atoms with Gasteiger partial charge in [-0.1, -0.05) is 0 Å². The molecule has 0 unspecified atom stereocenters. The van der Waals surface area contributed by atoms with Crippen LogP contribution in [0.25, 0.3) is 0 Å². The molecule has 1 aromatic heterocycles. The molecule has 1 aliphatic heterocycles. The molecule has 0 aromatic carbocycles. The quantitative estimate of drug-likeness (QED) is 0.827. The zero-order chi connectivity index (χ0) is 14.2. The van der Waals surface area contributed by atoms with E-state index in [1.807, 2.05) is 4.90 Å². The molecule has 108 valence electrons. The Morgan fingerprint density at radius 1 is 1.26 bits per heavy atom. The molecule has 2 N–H and O–H groups in total. The normalized spacial score (nSPS) is 18.2. The molecule has 0 aliphatic carbocycles. The van der Waals surface area contributed by atoms with Gasteiger partial charge < -0.3 is 15.5 Å². The van der Waals surface area contributed by atoms with Crippen molar-refractivity contribution in [1.82, 2.24) is 13.6 Å². The van der Waals surface area contributed by atoms with Gasteiger partial charge >= 0.3 is 0 Å². The summed E-state index contributed by atoms with van der Waals surface area (Å²) in [4.78, 5) is 4.40. The number of nitrogen functional groups attached to an aromatic ring is 1. The first-order chi connectivity index (χ1) is 8.84.